The number of carbonyl (C=O) groups is 3. The van der Waals surface area contributed by atoms with Crippen LogP contribution in [-0.4, -0.2) is 102 Å². The molecule has 18 heteroatoms. The van der Waals surface area contributed by atoms with Crippen LogP contribution in [0.25, 0.3) is 0 Å². The molecule has 4 heterocycles. The van der Waals surface area contributed by atoms with Crippen LogP contribution in [0.3, 0.4) is 0 Å². The molecule has 1 fully saturated rings. The highest BCUT2D eigenvalue weighted by molar-refractivity contribution is 8.03. The maximum absolute atomic E-state index is 14.8. The molecule has 0 radical (unpaired) electrons. The number of aromatic nitrogens is 2. The maximum Gasteiger partial charge on any atom is 0.351 e. The number of hydrogen-bond acceptors (Lipinski definition) is 10. The molecule has 1 aliphatic carbocycles. The van der Waals surface area contributed by atoms with Gasteiger partial charge in [0.1, 0.15) is 18.5 Å². The Morgan fingerprint density at radius 3 is 2.24 bits per heavy atom. The van der Waals surface area contributed by atoms with Gasteiger partial charge in [-0.25, -0.2) is 4.79 Å². The van der Waals surface area contributed by atoms with Gasteiger partial charge >= 0.3 is 23.6 Å². The van der Waals surface area contributed by atoms with Gasteiger partial charge in [-0.2, -0.15) is 18.3 Å². The van der Waals surface area contributed by atoms with Crippen molar-refractivity contribution in [2.45, 2.75) is 140 Å². The number of ether oxygens (including phenoxy) is 1. The topological polar surface area (TPSA) is 195 Å². The number of carbonyl (C=O) groups excluding carboxylic acids is 1. The number of amides is 1. The Morgan fingerprint density at radius 1 is 0.875 bits per heavy atom. The van der Waals surface area contributed by atoms with Gasteiger partial charge in [-0.3, -0.25) is 19.0 Å². The first-order valence-electron chi connectivity index (χ1n) is 24.6. The number of alkyl halides is 2. The number of halogens is 3. The van der Waals surface area contributed by atoms with Crippen molar-refractivity contribution in [3.05, 3.63) is 128 Å². The average molecular weight is 1030 g/mol. The van der Waals surface area contributed by atoms with Crippen molar-refractivity contribution in [1.29, 1.82) is 0 Å². The Bertz CT molecular complexity index is 2710. The van der Waals surface area contributed by atoms with Crippen LogP contribution in [-0.2, 0) is 30.0 Å². The lowest BCUT2D eigenvalue weighted by Gasteiger charge is -2.27. The smallest absolute Gasteiger partial charge is 0.351 e. The number of aliphatic hydroxyl groups is 2. The van der Waals surface area contributed by atoms with Gasteiger partial charge in [-0.1, -0.05) is 68.8 Å². The molecule has 0 bridgehead atoms. The van der Waals surface area contributed by atoms with Crippen LogP contribution in [0.5, 0.6) is 0 Å². The molecule has 1 aromatic heterocycles. The van der Waals surface area contributed by atoms with E-state index in [2.05, 4.69) is 108 Å². The molecule has 72 heavy (non-hydrogen) atoms. The summed E-state index contributed by atoms with van der Waals surface area (Å²) in [5.74, 6) is -5.68. The number of fused-ring (bicyclic) bond motifs is 2. The number of hydrogen-bond donors (Lipinski definition) is 5. The molecule has 5 N–H and O–H groups in total. The number of thioether (sulfide) groups is 1. The number of nitrogens with one attached hydrogen (secondary N) is 1. The van der Waals surface area contributed by atoms with Crippen LogP contribution in [0.2, 0.25) is 0 Å². The van der Waals surface area contributed by atoms with Crippen LogP contribution >= 0.6 is 11.8 Å². The first kappa shape index (κ1) is 55.8. The van der Waals surface area contributed by atoms with Gasteiger partial charge in [0.25, 0.3) is 0 Å². The second-order valence-corrected chi connectivity index (χ2v) is 20.7. The van der Waals surface area contributed by atoms with E-state index in [-0.39, 0.29) is 48.3 Å². The number of rotatable bonds is 22. The number of anilines is 2. The van der Waals surface area contributed by atoms with E-state index in [1.807, 2.05) is 12.1 Å². The zero-order valence-corrected chi connectivity index (χ0v) is 42.9. The summed E-state index contributed by atoms with van der Waals surface area (Å²) in [4.78, 5) is 56.0. The second-order valence-electron chi connectivity index (χ2n) is 19.6. The molecular weight excluding hydrogens is 968 g/mol. The molecule has 3 aliphatic heterocycles. The van der Waals surface area contributed by atoms with Crippen LogP contribution < -0.4 is 28.3 Å². The summed E-state index contributed by atoms with van der Waals surface area (Å²) in [5, 5.41) is 40.4. The Morgan fingerprint density at radius 2 is 1.56 bits per heavy atom. The van der Waals surface area contributed by atoms with Crippen LogP contribution in [0, 0.1) is 0 Å². The number of unbranched alkanes of at least 4 members (excludes halogenated alkanes) is 4. The number of aliphatic hydroxyl groups excluding tert-OH is 2. The molecule has 388 valence electrons. The molecule has 2 aromatic carbocycles. The first-order valence-corrected chi connectivity index (χ1v) is 25.6. The quantitative estimate of drug-likeness (QED) is 0.0569. The molecular formula is C54H66ClF2N5O9S. The third kappa shape index (κ3) is 12.3. The highest BCUT2D eigenvalue weighted by Gasteiger charge is 2.59. The number of allylic oxidation sites excluding steroid dienone is 7. The fourth-order valence-corrected chi connectivity index (χ4v) is 11.4. The van der Waals surface area contributed by atoms with Crippen molar-refractivity contribution in [3.63, 3.8) is 0 Å². The monoisotopic (exact) mass is 1030 g/mol. The zero-order valence-electron chi connectivity index (χ0n) is 41.3. The Hall–Kier alpha value is -5.46. The summed E-state index contributed by atoms with van der Waals surface area (Å²) in [6.07, 6.45) is 11.0. The van der Waals surface area contributed by atoms with Crippen LogP contribution in [0.4, 0.5) is 26.0 Å². The summed E-state index contributed by atoms with van der Waals surface area (Å²) in [6.45, 7) is 9.49. The summed E-state index contributed by atoms with van der Waals surface area (Å²) in [6, 6.07) is 18.0. The second kappa shape index (κ2) is 24.1. The van der Waals surface area contributed by atoms with E-state index in [4.69, 9.17) is 4.74 Å². The molecule has 0 spiro atoms. The molecule has 4 aliphatic rings. The van der Waals surface area contributed by atoms with Gasteiger partial charge in [0.2, 0.25) is 17.8 Å². The molecule has 1 amide bonds. The molecule has 7 rings (SSSR count). The summed E-state index contributed by atoms with van der Waals surface area (Å²) in [5.41, 5.74) is 7.46. The number of aliphatic carboxylic acids is 2. The van der Waals surface area contributed by atoms with Crippen molar-refractivity contribution in [1.82, 2.24) is 9.55 Å². The zero-order chi connectivity index (χ0) is 51.1. The SMILES string of the molecule is CC1(C)C(/C=C/C2=C(SCCC(=O)Nc3ccn([C@@H]4O[C@H](CO)[C@@H](O)C4(F)F)c(=O)n3)C(=C/C=C3/N(CCCCCC(=O)O)c4ccccc4C3(C)C)/CCC2)=[N+](CCCCCC(=O)O)c2ccccc21.[Cl-]. The van der Waals surface area contributed by atoms with E-state index in [1.165, 1.54) is 17.2 Å². The number of benzene rings is 2. The Labute approximate surface area is 429 Å². The fourth-order valence-electron chi connectivity index (χ4n) is 10.2. The number of carboxylic acids is 2. The summed E-state index contributed by atoms with van der Waals surface area (Å²) in [7, 11) is 0. The first-order chi connectivity index (χ1) is 33.9. The van der Waals surface area contributed by atoms with E-state index < -0.39 is 54.5 Å². The molecule has 3 aromatic rings. The lowest BCUT2D eigenvalue weighted by Crippen LogP contribution is -3.00. The van der Waals surface area contributed by atoms with E-state index in [0.717, 1.165) is 103 Å². The van der Waals surface area contributed by atoms with Gasteiger partial charge in [0.15, 0.2) is 11.8 Å². The number of nitrogens with zero attached hydrogens (tertiary/aromatic N) is 4. The van der Waals surface area contributed by atoms with Gasteiger partial charge in [-0.15, -0.1) is 11.8 Å². The summed E-state index contributed by atoms with van der Waals surface area (Å²) < 4.78 is 37.6. The predicted octanol–water partition coefficient (Wildman–Crippen LogP) is 6.16. The van der Waals surface area contributed by atoms with E-state index in [9.17, 15) is 48.4 Å². The van der Waals surface area contributed by atoms with Crippen LogP contribution in [0.1, 0.15) is 122 Å². The standard InChI is InChI=1S/C54H65F2N5O9S.ClH/c1-52(2)37-18-9-11-20-39(37)59(30-13-5-7-22-46(64)65)42(52)26-24-35-16-15-17-36(25-27-43-53(3,4)38-19-10-12-21-40(38)60(43)31-14-6-8-23-47(66)67)48(35)71-33-29-45(63)57-44-28-32-61(51(69)58-44)50-54(55,56)49(68)41(34-62)70-50;/h9-12,18-21,24-28,32,41,49-50,62,68H,5-8,13-17,22-23,29-31,33-34H2,1-4H3,(H2-,57,58,63,64,65,66,67,69);1H/t41-,49-,50-;/m1./s1. The highest BCUT2D eigenvalue weighted by Crippen LogP contribution is 2.49. The largest absolute Gasteiger partial charge is 1.00 e. The van der Waals surface area contributed by atoms with Crippen molar-refractivity contribution in [3.8, 4) is 0 Å². The third-order valence-electron chi connectivity index (χ3n) is 14.0. The van der Waals surface area contributed by atoms with Crippen molar-refractivity contribution < 1.29 is 65.3 Å². The average Bonchev–Trinajstić information content (AvgIpc) is 3.79. The lowest BCUT2D eigenvalue weighted by molar-refractivity contribution is -0.438. The van der Waals surface area contributed by atoms with Crippen molar-refractivity contribution >= 4 is 52.5 Å². The van der Waals surface area contributed by atoms with Gasteiger partial charge in [0.05, 0.1) is 12.0 Å². The van der Waals surface area contributed by atoms with Crippen molar-refractivity contribution in [2.75, 3.05) is 35.7 Å². The Kier molecular flexibility index (Phi) is 18.7. The minimum absolute atomic E-state index is 0. The van der Waals surface area contributed by atoms with E-state index in [1.54, 1.807) is 11.8 Å². The maximum atomic E-state index is 14.8. The predicted molar refractivity (Wildman–Crippen MR) is 271 cm³/mol. The van der Waals surface area contributed by atoms with Crippen molar-refractivity contribution in [2.24, 2.45) is 0 Å². The molecule has 0 saturated carbocycles. The summed E-state index contributed by atoms with van der Waals surface area (Å²) >= 11 is 1.57. The Balaban J connectivity index is 0.00000847. The van der Waals surface area contributed by atoms with E-state index in [0.29, 0.717) is 23.2 Å². The fraction of sp³-hybridized carbons (Fsp3) is 0.481. The molecule has 1 saturated heterocycles. The molecule has 0 unspecified atom stereocenters. The molecule has 14 nitrogen and oxygen atoms in total. The minimum atomic E-state index is -3.88. The number of para-hydroxylation sites is 2. The lowest BCUT2D eigenvalue weighted by atomic mass is 9.81. The van der Waals surface area contributed by atoms with Gasteiger partial charge in [-0.05, 0) is 93.7 Å². The van der Waals surface area contributed by atoms with Gasteiger partial charge in [0, 0.05) is 83.6 Å². The third-order valence-corrected chi connectivity index (χ3v) is 15.2. The van der Waals surface area contributed by atoms with Gasteiger partial charge < -0.3 is 47.8 Å². The molecule has 3 atom stereocenters. The normalized spacial score (nSPS) is 21.9. The minimum Gasteiger partial charge on any atom is -1.00 e. The van der Waals surface area contributed by atoms with Crippen LogP contribution in [0.15, 0.2) is 112 Å². The highest BCUT2D eigenvalue weighted by atomic mass is 35.5. The van der Waals surface area contributed by atoms with E-state index >= 15 is 0 Å². The number of carboxylic acid groups (broad SMARTS) is 2.